The summed E-state index contributed by atoms with van der Waals surface area (Å²) in [6.07, 6.45) is 5.56. The maximum Gasteiger partial charge on any atom is 0.244 e. The molecule has 3 unspecified atom stereocenters. The van der Waals surface area contributed by atoms with Crippen molar-refractivity contribution in [2.24, 2.45) is 5.73 Å². The highest BCUT2D eigenvalue weighted by atomic mass is 35.5. The van der Waals surface area contributed by atoms with Crippen molar-refractivity contribution in [3.8, 4) is 0 Å². The molecule has 3 rings (SSSR count). The van der Waals surface area contributed by atoms with Gasteiger partial charge in [0.25, 0.3) is 0 Å². The average Bonchev–Trinajstić information content (AvgIpc) is 3.00. The molecule has 2 aromatic rings. The highest BCUT2D eigenvalue weighted by molar-refractivity contribution is 6.30. The Morgan fingerprint density at radius 2 is 1.97 bits per heavy atom. The monoisotopic (exact) mass is 482 g/mol. The largest absolute Gasteiger partial charge is 0.351 e. The molecule has 4 N–H and O–H groups in total. The van der Waals surface area contributed by atoms with Crippen molar-refractivity contribution in [2.75, 3.05) is 26.2 Å². The lowest BCUT2D eigenvalue weighted by molar-refractivity contribution is -0.133. The van der Waals surface area contributed by atoms with Gasteiger partial charge in [-0.05, 0) is 55.1 Å². The molecule has 0 bridgehead atoms. The number of carbonyl (C=O) groups excluding carboxylic acids is 2. The van der Waals surface area contributed by atoms with E-state index >= 15 is 0 Å². The van der Waals surface area contributed by atoms with Crippen LogP contribution in [0.3, 0.4) is 0 Å². The minimum Gasteiger partial charge on any atom is -0.351 e. The first-order chi connectivity index (χ1) is 16.5. The summed E-state index contributed by atoms with van der Waals surface area (Å²) in [5.41, 5.74) is 7.97. The van der Waals surface area contributed by atoms with Crippen LogP contribution in [-0.4, -0.2) is 55.0 Å². The van der Waals surface area contributed by atoms with E-state index in [1.807, 2.05) is 35.2 Å². The standard InChI is InChI=1S/C27H35ClN4O2/c1-2-21(22-6-4-3-5-7-22)19-32-17-15-24(31-25(14-16-29)27(32)34)18-30-26(33)13-10-20-8-11-23(28)12-9-20/h3-13,21,24-25,31H,2,14-19,29H2,1H3,(H,30,33)/b13-10+. The van der Waals surface area contributed by atoms with Crippen molar-refractivity contribution in [2.45, 2.75) is 44.2 Å². The zero-order valence-electron chi connectivity index (χ0n) is 19.8. The minimum absolute atomic E-state index is 0.00446. The van der Waals surface area contributed by atoms with E-state index < -0.39 is 0 Å². The third-order valence-corrected chi connectivity index (χ3v) is 6.53. The van der Waals surface area contributed by atoms with E-state index in [1.165, 1.54) is 11.6 Å². The van der Waals surface area contributed by atoms with E-state index in [2.05, 4.69) is 29.7 Å². The van der Waals surface area contributed by atoms with Crippen LogP contribution in [0.4, 0.5) is 0 Å². The van der Waals surface area contributed by atoms with Gasteiger partial charge in [0.2, 0.25) is 11.8 Å². The van der Waals surface area contributed by atoms with Crippen LogP contribution in [0.2, 0.25) is 5.02 Å². The van der Waals surface area contributed by atoms with Gasteiger partial charge in [0, 0.05) is 42.7 Å². The predicted molar refractivity (Wildman–Crippen MR) is 139 cm³/mol. The fraction of sp³-hybridized carbons (Fsp3) is 0.407. The molecule has 1 aliphatic rings. The number of carbonyl (C=O) groups is 2. The van der Waals surface area contributed by atoms with Gasteiger partial charge in [0.1, 0.15) is 0 Å². The second kappa shape index (κ2) is 13.3. The van der Waals surface area contributed by atoms with Crippen LogP contribution < -0.4 is 16.4 Å². The highest BCUT2D eigenvalue weighted by Crippen LogP contribution is 2.22. The van der Waals surface area contributed by atoms with Gasteiger partial charge in [-0.2, -0.15) is 0 Å². The van der Waals surface area contributed by atoms with E-state index in [9.17, 15) is 9.59 Å². The number of amides is 2. The molecule has 0 spiro atoms. The highest BCUT2D eigenvalue weighted by Gasteiger charge is 2.31. The SMILES string of the molecule is CCC(CN1CCC(CNC(=O)/C=C/c2ccc(Cl)cc2)NC(CCN)C1=O)c1ccccc1. The number of nitrogens with two attached hydrogens (primary N) is 1. The summed E-state index contributed by atoms with van der Waals surface area (Å²) < 4.78 is 0. The number of hydrogen-bond donors (Lipinski definition) is 3. The number of nitrogens with one attached hydrogen (secondary N) is 2. The number of halogens is 1. The summed E-state index contributed by atoms with van der Waals surface area (Å²) in [6.45, 7) is 4.37. The molecule has 1 fully saturated rings. The van der Waals surface area contributed by atoms with Crippen LogP contribution >= 0.6 is 11.6 Å². The predicted octanol–water partition coefficient (Wildman–Crippen LogP) is 3.57. The number of nitrogens with zero attached hydrogens (tertiary/aromatic N) is 1. The van der Waals surface area contributed by atoms with Crippen molar-refractivity contribution in [1.82, 2.24) is 15.5 Å². The zero-order valence-corrected chi connectivity index (χ0v) is 20.5. The summed E-state index contributed by atoms with van der Waals surface area (Å²) in [5.74, 6) is 0.212. The van der Waals surface area contributed by atoms with Crippen molar-refractivity contribution < 1.29 is 9.59 Å². The normalized spacial score (nSPS) is 19.7. The molecule has 2 aromatic carbocycles. The van der Waals surface area contributed by atoms with Gasteiger partial charge >= 0.3 is 0 Å². The Morgan fingerprint density at radius 1 is 1.24 bits per heavy atom. The fourth-order valence-electron chi connectivity index (χ4n) is 4.29. The van der Waals surface area contributed by atoms with E-state index in [0.717, 1.165) is 18.4 Å². The first kappa shape index (κ1) is 25.9. The molecule has 0 aromatic heterocycles. The van der Waals surface area contributed by atoms with Crippen molar-refractivity contribution in [1.29, 1.82) is 0 Å². The van der Waals surface area contributed by atoms with Crippen molar-refractivity contribution >= 4 is 29.5 Å². The molecule has 3 atom stereocenters. The first-order valence-electron chi connectivity index (χ1n) is 12.0. The van der Waals surface area contributed by atoms with E-state index in [-0.39, 0.29) is 29.8 Å². The van der Waals surface area contributed by atoms with Crippen molar-refractivity contribution in [3.05, 3.63) is 76.8 Å². The maximum atomic E-state index is 13.3. The summed E-state index contributed by atoms with van der Waals surface area (Å²) in [7, 11) is 0. The second-order valence-corrected chi connectivity index (χ2v) is 9.15. The molecule has 1 heterocycles. The summed E-state index contributed by atoms with van der Waals surface area (Å²) >= 11 is 5.90. The van der Waals surface area contributed by atoms with Crippen LogP contribution in [0.5, 0.6) is 0 Å². The smallest absolute Gasteiger partial charge is 0.244 e. The van der Waals surface area contributed by atoms with E-state index in [4.69, 9.17) is 17.3 Å². The lowest BCUT2D eigenvalue weighted by atomic mass is 9.95. The topological polar surface area (TPSA) is 87.5 Å². The molecule has 2 amide bonds. The Balaban J connectivity index is 1.59. The van der Waals surface area contributed by atoms with Gasteiger partial charge in [-0.25, -0.2) is 0 Å². The zero-order chi connectivity index (χ0) is 24.3. The molecule has 34 heavy (non-hydrogen) atoms. The molecule has 7 heteroatoms. The number of rotatable bonds is 10. The van der Waals surface area contributed by atoms with Crippen LogP contribution in [0, 0.1) is 0 Å². The maximum absolute atomic E-state index is 13.3. The summed E-state index contributed by atoms with van der Waals surface area (Å²) in [6, 6.07) is 17.3. The van der Waals surface area contributed by atoms with Gasteiger partial charge in [-0.3, -0.25) is 9.59 Å². The number of benzene rings is 2. The second-order valence-electron chi connectivity index (χ2n) is 8.71. The van der Waals surface area contributed by atoms with E-state index in [0.29, 0.717) is 37.6 Å². The Hall–Kier alpha value is -2.67. The van der Waals surface area contributed by atoms with Crippen LogP contribution in [0.25, 0.3) is 6.08 Å². The third-order valence-electron chi connectivity index (χ3n) is 6.27. The van der Waals surface area contributed by atoms with Gasteiger partial charge in [0.15, 0.2) is 0 Å². The lowest BCUT2D eigenvalue weighted by Crippen LogP contribution is -2.49. The quantitative estimate of drug-likeness (QED) is 0.452. The Labute approximate surface area is 207 Å². The van der Waals surface area contributed by atoms with Gasteiger partial charge < -0.3 is 21.3 Å². The molecule has 182 valence electrons. The van der Waals surface area contributed by atoms with Crippen LogP contribution in [0.15, 0.2) is 60.7 Å². The molecular weight excluding hydrogens is 448 g/mol. The summed E-state index contributed by atoms with van der Waals surface area (Å²) in [5, 5.41) is 7.05. The lowest BCUT2D eigenvalue weighted by Gasteiger charge is -2.28. The Bertz CT molecular complexity index is 949. The minimum atomic E-state index is -0.340. The van der Waals surface area contributed by atoms with Crippen molar-refractivity contribution in [3.63, 3.8) is 0 Å². The third kappa shape index (κ3) is 7.69. The molecule has 6 nitrogen and oxygen atoms in total. The average molecular weight is 483 g/mol. The summed E-state index contributed by atoms with van der Waals surface area (Å²) in [4.78, 5) is 27.6. The Kier molecular flexibility index (Phi) is 10.1. The van der Waals surface area contributed by atoms with Gasteiger partial charge in [-0.15, -0.1) is 0 Å². The van der Waals surface area contributed by atoms with Gasteiger partial charge in [-0.1, -0.05) is 61.0 Å². The number of hydrogen-bond acceptors (Lipinski definition) is 4. The molecule has 1 aliphatic heterocycles. The first-order valence-corrected chi connectivity index (χ1v) is 12.4. The Morgan fingerprint density at radius 3 is 2.65 bits per heavy atom. The van der Waals surface area contributed by atoms with Crippen LogP contribution in [0.1, 0.15) is 43.2 Å². The molecular formula is C27H35ClN4O2. The fourth-order valence-corrected chi connectivity index (χ4v) is 4.41. The molecule has 0 saturated carbocycles. The van der Waals surface area contributed by atoms with E-state index in [1.54, 1.807) is 18.2 Å². The molecule has 1 saturated heterocycles. The molecule has 0 radical (unpaired) electrons. The van der Waals surface area contributed by atoms with Crippen LogP contribution in [-0.2, 0) is 9.59 Å². The molecule has 0 aliphatic carbocycles. The van der Waals surface area contributed by atoms with Gasteiger partial charge in [0.05, 0.1) is 6.04 Å².